The molecule has 10 heteroatoms. The van der Waals surface area contributed by atoms with Crippen LogP contribution in [-0.4, -0.2) is 40.1 Å². The fraction of sp³-hybridized carbons (Fsp3) is 0.467. The number of benzene rings is 1. The number of hydrogen-bond acceptors (Lipinski definition) is 7. The zero-order valence-corrected chi connectivity index (χ0v) is 23.1. The molecule has 2 aromatic heterocycles. The number of sulfonamides is 1. The lowest BCUT2D eigenvalue weighted by molar-refractivity contribution is -0.124. The predicted octanol–water partition coefficient (Wildman–Crippen LogP) is 4.96. The monoisotopic (exact) mass is 559 g/mol. The van der Waals surface area contributed by atoms with Gasteiger partial charge in [0, 0.05) is 30.9 Å². The molecular weight excluding hydrogens is 526 g/mol. The van der Waals surface area contributed by atoms with Gasteiger partial charge in [0.05, 0.1) is 17.1 Å². The van der Waals surface area contributed by atoms with E-state index in [1.165, 1.54) is 49.2 Å². The maximum atomic E-state index is 13.4. The molecule has 3 heterocycles. The first-order valence-corrected chi connectivity index (χ1v) is 15.6. The van der Waals surface area contributed by atoms with Crippen molar-refractivity contribution < 1.29 is 17.9 Å². The molecule has 9 nitrogen and oxygen atoms in total. The van der Waals surface area contributed by atoms with Gasteiger partial charge in [0.2, 0.25) is 15.9 Å². The van der Waals surface area contributed by atoms with Gasteiger partial charge in [-0.3, -0.25) is 9.78 Å². The van der Waals surface area contributed by atoms with Crippen molar-refractivity contribution in [3.05, 3.63) is 66.4 Å². The van der Waals surface area contributed by atoms with Crippen molar-refractivity contribution >= 4 is 21.7 Å². The highest BCUT2D eigenvalue weighted by Crippen LogP contribution is 2.61. The minimum atomic E-state index is -3.74. The minimum Gasteiger partial charge on any atom is -0.457 e. The molecule has 40 heavy (non-hydrogen) atoms. The second kappa shape index (κ2) is 9.92. The van der Waals surface area contributed by atoms with Crippen LogP contribution in [0.25, 0.3) is 0 Å². The van der Waals surface area contributed by atoms with E-state index in [-0.39, 0.29) is 29.3 Å². The normalized spacial score (nSPS) is 27.2. The first kappa shape index (κ1) is 25.6. The van der Waals surface area contributed by atoms with Gasteiger partial charge >= 0.3 is 0 Å². The molecule has 1 aliphatic heterocycles. The lowest BCUT2D eigenvalue weighted by Crippen LogP contribution is -2.47. The van der Waals surface area contributed by atoms with Crippen LogP contribution < -0.4 is 10.1 Å². The summed E-state index contributed by atoms with van der Waals surface area (Å²) in [6.07, 6.45) is 13.3. The molecule has 0 unspecified atom stereocenters. The summed E-state index contributed by atoms with van der Waals surface area (Å²) in [4.78, 5) is 26.2. The van der Waals surface area contributed by atoms with E-state index < -0.39 is 10.0 Å². The summed E-state index contributed by atoms with van der Waals surface area (Å²) >= 11 is 0. The number of rotatable bonds is 7. The smallest absolute Gasteiger partial charge is 0.243 e. The average molecular weight is 560 g/mol. The van der Waals surface area contributed by atoms with Gasteiger partial charge in [-0.05, 0) is 105 Å². The number of aromatic nitrogens is 3. The van der Waals surface area contributed by atoms with Gasteiger partial charge in [0.25, 0.3) is 0 Å². The maximum Gasteiger partial charge on any atom is 0.243 e. The molecule has 5 aliphatic rings. The number of pyridine rings is 1. The molecule has 208 valence electrons. The van der Waals surface area contributed by atoms with Crippen molar-refractivity contribution in [3.8, 4) is 11.5 Å². The number of nitrogens with one attached hydrogen (secondary N) is 1. The first-order valence-electron chi connectivity index (χ1n) is 14.2. The van der Waals surface area contributed by atoms with Crippen molar-refractivity contribution in [1.29, 1.82) is 0 Å². The van der Waals surface area contributed by atoms with Crippen molar-refractivity contribution in [2.75, 3.05) is 11.9 Å². The molecule has 1 aromatic carbocycles. The van der Waals surface area contributed by atoms with E-state index in [0.29, 0.717) is 35.9 Å². The van der Waals surface area contributed by atoms with E-state index >= 15 is 0 Å². The fourth-order valence-electron chi connectivity index (χ4n) is 8.04. The van der Waals surface area contributed by atoms with Crippen LogP contribution in [0.4, 0.5) is 5.82 Å². The molecular formula is C30H33N5O4S. The van der Waals surface area contributed by atoms with E-state index in [0.717, 1.165) is 23.3 Å². The van der Waals surface area contributed by atoms with E-state index in [4.69, 9.17) is 4.74 Å². The summed E-state index contributed by atoms with van der Waals surface area (Å²) in [6, 6.07) is 9.86. The minimum absolute atomic E-state index is 0.0203. The summed E-state index contributed by atoms with van der Waals surface area (Å²) in [6.45, 7) is 0.420. The average Bonchev–Trinajstić information content (AvgIpc) is 2.93. The van der Waals surface area contributed by atoms with Gasteiger partial charge in [-0.2, -0.15) is 4.31 Å². The summed E-state index contributed by atoms with van der Waals surface area (Å²) in [5, 5.41) is 3.08. The third-order valence-corrected chi connectivity index (χ3v) is 11.1. The lowest BCUT2D eigenvalue weighted by atomic mass is 9.49. The first-order chi connectivity index (χ1) is 19.4. The Morgan fingerprint density at radius 2 is 1.60 bits per heavy atom. The Kier molecular flexibility index (Phi) is 6.35. The highest BCUT2D eigenvalue weighted by Gasteiger charge is 2.51. The number of hydrogen-bond donors (Lipinski definition) is 1. The summed E-state index contributed by atoms with van der Waals surface area (Å²) in [5.74, 6) is 4.09. The number of anilines is 1. The molecule has 1 N–H and O–H groups in total. The third kappa shape index (κ3) is 4.88. The quantitative estimate of drug-likeness (QED) is 0.435. The molecule has 4 saturated carbocycles. The van der Waals surface area contributed by atoms with Crippen LogP contribution in [0, 0.1) is 23.2 Å². The topological polar surface area (TPSA) is 114 Å². The summed E-state index contributed by atoms with van der Waals surface area (Å²) in [5.41, 5.74) is 1.61. The van der Waals surface area contributed by atoms with Gasteiger partial charge in [0.15, 0.2) is 0 Å². The van der Waals surface area contributed by atoms with E-state index in [9.17, 15) is 13.2 Å². The molecule has 4 fully saturated rings. The number of carbonyl (C=O) groups excluding carboxylic acids is 1. The van der Waals surface area contributed by atoms with E-state index in [2.05, 4.69) is 20.3 Å². The van der Waals surface area contributed by atoms with Crippen molar-refractivity contribution in [2.45, 2.75) is 62.8 Å². The lowest BCUT2D eigenvalue weighted by Gasteiger charge is -2.56. The molecule has 0 radical (unpaired) electrons. The standard InChI is InChI=1S/C30H33N5O4S/c36-28(17-30-14-20-11-21(15-30)13-22(12-20)16-30)34-29-26-7-10-35(18-27(26)32-19-33-29)40(37,38)25-3-1-23(2-4-25)39-24-5-8-31-9-6-24/h1-6,8-9,19-22H,7,10-18H2,(H,32,33,34,36). The van der Waals surface area contributed by atoms with E-state index in [1.54, 1.807) is 48.8 Å². The molecule has 0 spiro atoms. The van der Waals surface area contributed by atoms with Gasteiger partial charge < -0.3 is 10.1 Å². The van der Waals surface area contributed by atoms with Gasteiger partial charge in [-0.1, -0.05) is 0 Å². The molecule has 1 amide bonds. The SMILES string of the molecule is O=C(CC12CC3CC(CC(C3)C1)C2)Nc1ncnc2c1CCN(S(=O)(=O)c1ccc(Oc3ccncc3)cc1)C2. The highest BCUT2D eigenvalue weighted by molar-refractivity contribution is 7.89. The Labute approximate surface area is 234 Å². The number of carbonyl (C=O) groups is 1. The molecule has 8 rings (SSSR count). The fourth-order valence-corrected chi connectivity index (χ4v) is 9.44. The number of amides is 1. The summed E-state index contributed by atoms with van der Waals surface area (Å²) < 4.78 is 34.1. The van der Waals surface area contributed by atoms with Crippen LogP contribution in [0.15, 0.2) is 60.0 Å². The molecule has 4 bridgehead atoms. The number of ether oxygens (including phenoxy) is 1. The van der Waals surface area contributed by atoms with Gasteiger partial charge in [-0.25, -0.2) is 18.4 Å². The van der Waals surface area contributed by atoms with Gasteiger partial charge in [0.1, 0.15) is 23.6 Å². The van der Waals surface area contributed by atoms with Crippen LogP contribution in [0.3, 0.4) is 0 Å². The van der Waals surface area contributed by atoms with E-state index in [1.807, 2.05) is 0 Å². The van der Waals surface area contributed by atoms with Crippen molar-refractivity contribution in [1.82, 2.24) is 19.3 Å². The van der Waals surface area contributed by atoms with Crippen LogP contribution in [0.2, 0.25) is 0 Å². The van der Waals surface area contributed by atoms with Gasteiger partial charge in [-0.15, -0.1) is 0 Å². The maximum absolute atomic E-state index is 13.4. The Hall–Kier alpha value is -3.37. The number of nitrogens with zero attached hydrogens (tertiary/aromatic N) is 4. The zero-order valence-electron chi connectivity index (χ0n) is 22.3. The van der Waals surface area contributed by atoms with Crippen LogP contribution in [-0.2, 0) is 27.8 Å². The second-order valence-electron chi connectivity index (χ2n) is 12.1. The Bertz CT molecular complexity index is 1490. The zero-order chi connectivity index (χ0) is 27.3. The summed E-state index contributed by atoms with van der Waals surface area (Å²) in [7, 11) is -3.74. The predicted molar refractivity (Wildman–Crippen MR) is 148 cm³/mol. The molecule has 0 saturated heterocycles. The van der Waals surface area contributed by atoms with Crippen molar-refractivity contribution in [2.24, 2.45) is 23.2 Å². The highest BCUT2D eigenvalue weighted by atomic mass is 32.2. The van der Waals surface area contributed by atoms with Crippen LogP contribution in [0.1, 0.15) is 56.2 Å². The van der Waals surface area contributed by atoms with Crippen molar-refractivity contribution in [3.63, 3.8) is 0 Å². The van der Waals surface area contributed by atoms with Crippen LogP contribution in [0.5, 0.6) is 11.5 Å². The largest absolute Gasteiger partial charge is 0.457 e. The Balaban J connectivity index is 1.02. The Morgan fingerprint density at radius 1 is 0.950 bits per heavy atom. The third-order valence-electron chi connectivity index (χ3n) is 9.28. The molecule has 4 aliphatic carbocycles. The Morgan fingerprint density at radius 3 is 2.27 bits per heavy atom. The second-order valence-corrected chi connectivity index (χ2v) is 14.1. The molecule has 3 aromatic rings. The van der Waals surface area contributed by atoms with Crippen LogP contribution >= 0.6 is 0 Å². The molecule has 0 atom stereocenters. The number of fused-ring (bicyclic) bond motifs is 1.